The number of anilines is 3. The summed E-state index contributed by atoms with van der Waals surface area (Å²) < 4.78 is 15.0. The number of aryl methyl sites for hydroxylation is 1. The summed E-state index contributed by atoms with van der Waals surface area (Å²) in [5.41, 5.74) is 3.98. The minimum atomic E-state index is 0.115. The lowest BCUT2D eigenvalue weighted by atomic mass is 10.1. The van der Waals surface area contributed by atoms with Gasteiger partial charge in [0.15, 0.2) is 0 Å². The fourth-order valence-corrected chi connectivity index (χ4v) is 4.12. The zero-order valence-electron chi connectivity index (χ0n) is 18.7. The van der Waals surface area contributed by atoms with E-state index in [1.807, 2.05) is 48.9 Å². The molecule has 4 heterocycles. The van der Waals surface area contributed by atoms with Crippen LogP contribution in [0.1, 0.15) is 15.2 Å². The van der Waals surface area contributed by atoms with E-state index in [1.54, 1.807) is 4.68 Å². The Morgan fingerprint density at radius 1 is 1.00 bits per heavy atom. The highest BCUT2D eigenvalue weighted by molar-refractivity contribution is 5.84. The molecule has 0 bridgehead atoms. The third-order valence-electron chi connectivity index (χ3n) is 5.41. The second-order valence-corrected chi connectivity index (χ2v) is 8.06. The molecule has 1 aliphatic rings. The average Bonchev–Trinajstić information content (AvgIpc) is 3.21. The highest BCUT2D eigenvalue weighted by Crippen LogP contribution is 2.27. The van der Waals surface area contributed by atoms with Crippen molar-refractivity contribution < 1.29 is 6.11 Å². The second-order valence-electron chi connectivity index (χ2n) is 8.06. The van der Waals surface area contributed by atoms with Crippen molar-refractivity contribution in [2.24, 2.45) is 7.02 Å². The summed E-state index contributed by atoms with van der Waals surface area (Å²) in [5.74, 6) is 1.70. The first-order chi connectivity index (χ1) is 15.6. The third kappa shape index (κ3) is 4.22. The quantitative estimate of drug-likeness (QED) is 0.533. The minimum absolute atomic E-state index is 0.115. The molecule has 1 N–H and O–H groups in total. The van der Waals surface area contributed by atoms with E-state index in [1.165, 1.54) is 0 Å². The van der Waals surface area contributed by atoms with Gasteiger partial charge in [-0.15, -0.1) is 0 Å². The molecule has 0 spiro atoms. The van der Waals surface area contributed by atoms with E-state index in [9.17, 15) is 0 Å². The summed E-state index contributed by atoms with van der Waals surface area (Å²) in [6.07, 6.45) is 5.90. The number of hydrogen-bond acceptors (Lipinski definition) is 6. The SMILES string of the molecule is [2H]Cn1cc2cc(-c3ccnc(Nc4ccnc(N5C[C@@H](C)O[C@@H](C)C5)c4)c3)ccc2n1. The van der Waals surface area contributed by atoms with Gasteiger partial charge in [0.25, 0.3) is 0 Å². The maximum absolute atomic E-state index is 7.50. The summed E-state index contributed by atoms with van der Waals surface area (Å²) in [7, 11) is 0.115. The molecule has 3 aromatic heterocycles. The number of nitrogens with one attached hydrogen (secondary N) is 1. The first-order valence-corrected chi connectivity index (χ1v) is 10.4. The normalized spacial score (nSPS) is 19.4. The van der Waals surface area contributed by atoms with Crippen molar-refractivity contribution in [2.45, 2.75) is 26.1 Å². The van der Waals surface area contributed by atoms with Crippen LogP contribution in [0, 0.1) is 0 Å². The van der Waals surface area contributed by atoms with E-state index < -0.39 is 0 Å². The summed E-state index contributed by atoms with van der Waals surface area (Å²) in [4.78, 5) is 11.3. The molecule has 7 nitrogen and oxygen atoms in total. The van der Waals surface area contributed by atoms with Crippen LogP contribution in [0.15, 0.2) is 61.1 Å². The molecule has 0 unspecified atom stereocenters. The fraction of sp³-hybridized carbons (Fsp3) is 0.292. The van der Waals surface area contributed by atoms with Crippen LogP contribution in [0.4, 0.5) is 17.3 Å². The lowest BCUT2D eigenvalue weighted by molar-refractivity contribution is -0.00545. The van der Waals surface area contributed by atoms with Crippen molar-refractivity contribution in [1.82, 2.24) is 19.7 Å². The third-order valence-corrected chi connectivity index (χ3v) is 5.41. The minimum Gasteiger partial charge on any atom is -0.372 e. The van der Waals surface area contributed by atoms with Gasteiger partial charge in [-0.1, -0.05) is 6.07 Å². The van der Waals surface area contributed by atoms with E-state index in [4.69, 9.17) is 6.11 Å². The van der Waals surface area contributed by atoms with E-state index in [2.05, 4.69) is 51.3 Å². The molecule has 1 fully saturated rings. The van der Waals surface area contributed by atoms with Gasteiger partial charge in [0.05, 0.1) is 17.7 Å². The molecule has 2 atom stereocenters. The van der Waals surface area contributed by atoms with Crippen molar-refractivity contribution >= 4 is 28.2 Å². The van der Waals surface area contributed by atoms with Gasteiger partial charge >= 0.3 is 0 Å². The molecule has 1 aliphatic heterocycles. The molecule has 31 heavy (non-hydrogen) atoms. The number of fused-ring (bicyclic) bond motifs is 1. The standard InChI is InChI=1S/C24H26N6O/c1-16-13-30(14-17(2)31-16)24-12-21(7-9-26-24)27-23-11-19(6-8-25-23)18-4-5-22-20(10-18)15-29(3)28-22/h4-12,15-17H,13-14H2,1-3H3,(H,25,26,27)/t16-,17+/i3D. The van der Waals surface area contributed by atoms with Gasteiger partial charge in [-0.3, -0.25) is 4.68 Å². The Morgan fingerprint density at radius 2 is 1.81 bits per heavy atom. The van der Waals surface area contributed by atoms with E-state index >= 15 is 0 Å². The predicted octanol–water partition coefficient (Wildman–Crippen LogP) is 4.39. The number of nitrogens with zero attached hydrogens (tertiary/aromatic N) is 5. The van der Waals surface area contributed by atoms with Crippen LogP contribution in [0.2, 0.25) is 0 Å². The van der Waals surface area contributed by atoms with Gasteiger partial charge < -0.3 is 15.0 Å². The topological polar surface area (TPSA) is 68.1 Å². The highest BCUT2D eigenvalue weighted by atomic mass is 16.5. The first kappa shape index (κ1) is 18.3. The van der Waals surface area contributed by atoms with Gasteiger partial charge in [0.2, 0.25) is 0 Å². The molecule has 158 valence electrons. The predicted molar refractivity (Wildman–Crippen MR) is 124 cm³/mol. The van der Waals surface area contributed by atoms with E-state index in [-0.39, 0.29) is 19.2 Å². The van der Waals surface area contributed by atoms with E-state index in [0.29, 0.717) is 0 Å². The Labute approximate surface area is 183 Å². The first-order valence-electron chi connectivity index (χ1n) is 11.1. The molecule has 1 saturated heterocycles. The molecule has 1 aromatic carbocycles. The molecule has 0 saturated carbocycles. The monoisotopic (exact) mass is 415 g/mol. The van der Waals surface area contributed by atoms with Crippen LogP contribution in [-0.4, -0.2) is 45.0 Å². The maximum Gasteiger partial charge on any atom is 0.130 e. The molecule has 0 aliphatic carbocycles. The molecular weight excluding hydrogens is 388 g/mol. The molecule has 4 aromatic rings. The zero-order valence-corrected chi connectivity index (χ0v) is 17.7. The Balaban J connectivity index is 1.37. The lowest BCUT2D eigenvalue weighted by Crippen LogP contribution is -2.45. The van der Waals surface area contributed by atoms with Crippen molar-refractivity contribution in [1.29, 1.82) is 0 Å². The molecule has 7 heteroatoms. The molecule has 0 amide bonds. The van der Waals surface area contributed by atoms with Crippen LogP contribution >= 0.6 is 0 Å². The van der Waals surface area contributed by atoms with Crippen LogP contribution in [-0.2, 0) is 11.8 Å². The summed E-state index contributed by atoms with van der Waals surface area (Å²) in [5, 5.41) is 8.82. The van der Waals surface area contributed by atoms with Crippen LogP contribution in [0.5, 0.6) is 0 Å². The summed E-state index contributed by atoms with van der Waals surface area (Å²) in [6, 6.07) is 14.2. The molecular formula is C24H26N6O. The van der Waals surface area contributed by atoms with Gasteiger partial charge in [-0.05, 0) is 55.3 Å². The summed E-state index contributed by atoms with van der Waals surface area (Å²) in [6.45, 7) is 5.84. The number of morpholine rings is 1. The average molecular weight is 416 g/mol. The van der Waals surface area contributed by atoms with Crippen molar-refractivity contribution in [3.63, 3.8) is 0 Å². The Hall–Kier alpha value is -3.45. The van der Waals surface area contributed by atoms with Crippen LogP contribution in [0.3, 0.4) is 0 Å². The van der Waals surface area contributed by atoms with Gasteiger partial charge in [-0.2, -0.15) is 5.10 Å². The van der Waals surface area contributed by atoms with E-state index in [0.717, 1.165) is 52.4 Å². The maximum atomic E-state index is 7.50. The summed E-state index contributed by atoms with van der Waals surface area (Å²) >= 11 is 0. The number of pyridine rings is 2. The Morgan fingerprint density at radius 3 is 2.65 bits per heavy atom. The second kappa shape index (κ2) is 8.00. The lowest BCUT2D eigenvalue weighted by Gasteiger charge is -2.36. The molecule has 0 radical (unpaired) electrons. The highest BCUT2D eigenvalue weighted by Gasteiger charge is 2.23. The zero-order chi connectivity index (χ0) is 22.1. The van der Waals surface area contributed by atoms with Crippen LogP contribution < -0.4 is 10.2 Å². The number of hydrogen-bond donors (Lipinski definition) is 1. The van der Waals surface area contributed by atoms with Gasteiger partial charge in [0.1, 0.15) is 11.6 Å². The fourth-order valence-electron chi connectivity index (χ4n) is 4.12. The number of rotatable bonds is 4. The Bertz CT molecular complexity index is 1230. The number of aromatic nitrogens is 4. The molecule has 5 rings (SSSR count). The van der Waals surface area contributed by atoms with Crippen molar-refractivity contribution in [3.8, 4) is 11.1 Å². The number of ether oxygens (including phenoxy) is 1. The number of benzene rings is 1. The van der Waals surface area contributed by atoms with Crippen molar-refractivity contribution in [3.05, 3.63) is 61.1 Å². The largest absolute Gasteiger partial charge is 0.372 e. The van der Waals surface area contributed by atoms with Crippen molar-refractivity contribution in [2.75, 3.05) is 23.3 Å². The van der Waals surface area contributed by atoms with Gasteiger partial charge in [0, 0.05) is 57.2 Å². The smallest absolute Gasteiger partial charge is 0.130 e. The van der Waals surface area contributed by atoms with Crippen LogP contribution in [0.25, 0.3) is 22.0 Å². The Kier molecular flexibility index (Phi) is 4.73. The van der Waals surface area contributed by atoms with Gasteiger partial charge in [-0.25, -0.2) is 9.97 Å².